The van der Waals surface area contributed by atoms with Crippen LogP contribution in [0.25, 0.3) is 0 Å². The molecule has 1 saturated heterocycles. The van der Waals surface area contributed by atoms with E-state index in [-0.39, 0.29) is 5.75 Å². The van der Waals surface area contributed by atoms with Crippen LogP contribution < -0.4 is 0 Å². The molecule has 1 fully saturated rings. The number of benzene rings is 1. The summed E-state index contributed by atoms with van der Waals surface area (Å²) in [7, 11) is -3.00. The van der Waals surface area contributed by atoms with Crippen molar-refractivity contribution < 1.29 is 8.42 Å². The molecule has 5 heteroatoms. The van der Waals surface area contributed by atoms with Crippen LogP contribution in [-0.4, -0.2) is 56.1 Å². The molecular weight excluding hydrogens is 272 g/mol. The first kappa shape index (κ1) is 15.5. The molecule has 1 heterocycles. The number of piperazine rings is 1. The van der Waals surface area contributed by atoms with Crippen LogP contribution in [0.5, 0.6) is 0 Å². The third kappa shape index (κ3) is 4.30. The molecule has 0 aliphatic carbocycles. The molecule has 0 unspecified atom stereocenters. The van der Waals surface area contributed by atoms with Crippen LogP contribution in [0.15, 0.2) is 30.3 Å². The zero-order valence-corrected chi connectivity index (χ0v) is 13.0. The highest BCUT2D eigenvalue weighted by Crippen LogP contribution is 2.09. The fourth-order valence-corrected chi connectivity index (χ4v) is 3.65. The lowest BCUT2D eigenvalue weighted by atomic mass is 10.1. The van der Waals surface area contributed by atoms with Crippen molar-refractivity contribution in [1.82, 2.24) is 9.21 Å². The van der Waals surface area contributed by atoms with Gasteiger partial charge in [0.05, 0.1) is 5.75 Å². The molecule has 0 radical (unpaired) electrons. The summed E-state index contributed by atoms with van der Waals surface area (Å²) in [6.45, 7) is 5.75. The van der Waals surface area contributed by atoms with E-state index >= 15 is 0 Å². The summed E-state index contributed by atoms with van der Waals surface area (Å²) in [6, 6.07) is 10.5. The predicted molar refractivity (Wildman–Crippen MR) is 82.2 cm³/mol. The van der Waals surface area contributed by atoms with Gasteiger partial charge in [-0.15, -0.1) is 0 Å². The van der Waals surface area contributed by atoms with Gasteiger partial charge in [0.2, 0.25) is 10.0 Å². The SMILES string of the molecule is CCS(=O)(=O)N1CCN(CCCc2ccccc2)CC1. The molecule has 112 valence electrons. The van der Waals surface area contributed by atoms with Crippen molar-refractivity contribution in [3.05, 3.63) is 35.9 Å². The summed E-state index contributed by atoms with van der Waals surface area (Å²) in [6.07, 6.45) is 2.22. The quantitative estimate of drug-likeness (QED) is 0.800. The van der Waals surface area contributed by atoms with E-state index < -0.39 is 10.0 Å². The van der Waals surface area contributed by atoms with Crippen LogP contribution in [0.3, 0.4) is 0 Å². The van der Waals surface area contributed by atoms with Gasteiger partial charge in [0.25, 0.3) is 0 Å². The zero-order valence-electron chi connectivity index (χ0n) is 12.2. The lowest BCUT2D eigenvalue weighted by Gasteiger charge is -2.33. The summed E-state index contributed by atoms with van der Waals surface area (Å²) < 4.78 is 25.2. The van der Waals surface area contributed by atoms with Crippen LogP contribution in [0.4, 0.5) is 0 Å². The van der Waals surface area contributed by atoms with Crippen LogP contribution in [0, 0.1) is 0 Å². The van der Waals surface area contributed by atoms with Gasteiger partial charge in [0, 0.05) is 26.2 Å². The molecule has 0 saturated carbocycles. The van der Waals surface area contributed by atoms with Gasteiger partial charge in [0.15, 0.2) is 0 Å². The molecule has 0 bridgehead atoms. The van der Waals surface area contributed by atoms with Crippen LogP contribution in [0.2, 0.25) is 0 Å². The molecule has 0 N–H and O–H groups in total. The first-order valence-corrected chi connectivity index (χ1v) is 8.97. The summed E-state index contributed by atoms with van der Waals surface area (Å²) in [5.74, 6) is 0.209. The van der Waals surface area contributed by atoms with Gasteiger partial charge in [-0.3, -0.25) is 0 Å². The Morgan fingerprint density at radius 3 is 2.30 bits per heavy atom. The zero-order chi connectivity index (χ0) is 14.4. The highest BCUT2D eigenvalue weighted by molar-refractivity contribution is 7.89. The Bertz CT molecular complexity index is 494. The Morgan fingerprint density at radius 2 is 1.70 bits per heavy atom. The average Bonchev–Trinajstić information content (AvgIpc) is 2.49. The minimum atomic E-state index is -3.00. The number of rotatable bonds is 6. The molecule has 0 atom stereocenters. The van der Waals surface area contributed by atoms with E-state index in [1.54, 1.807) is 11.2 Å². The third-order valence-electron chi connectivity index (χ3n) is 3.87. The standard InChI is InChI=1S/C15H24N2O2S/c1-2-20(18,19)17-13-11-16(12-14-17)10-6-9-15-7-4-3-5-8-15/h3-5,7-8H,2,6,9-14H2,1H3. The van der Waals surface area contributed by atoms with Crippen molar-refractivity contribution >= 4 is 10.0 Å². The Labute approximate surface area is 122 Å². The molecule has 1 aromatic rings. The predicted octanol–water partition coefficient (Wildman–Crippen LogP) is 1.59. The maximum atomic E-state index is 11.8. The maximum Gasteiger partial charge on any atom is 0.213 e. The van der Waals surface area contributed by atoms with Crippen molar-refractivity contribution in [2.24, 2.45) is 0 Å². The van der Waals surface area contributed by atoms with Crippen molar-refractivity contribution in [3.63, 3.8) is 0 Å². The van der Waals surface area contributed by atoms with Crippen molar-refractivity contribution in [2.45, 2.75) is 19.8 Å². The van der Waals surface area contributed by atoms with Crippen LogP contribution in [-0.2, 0) is 16.4 Å². The molecule has 1 aliphatic heterocycles. The lowest BCUT2D eigenvalue weighted by molar-refractivity contribution is 0.187. The molecule has 0 spiro atoms. The second kappa shape index (κ2) is 7.20. The summed E-state index contributed by atoms with van der Waals surface area (Å²) in [5, 5.41) is 0. The molecule has 0 aromatic heterocycles. The van der Waals surface area contributed by atoms with E-state index in [0.29, 0.717) is 13.1 Å². The average molecular weight is 296 g/mol. The topological polar surface area (TPSA) is 40.6 Å². The number of nitrogens with zero attached hydrogens (tertiary/aromatic N) is 2. The minimum absolute atomic E-state index is 0.209. The largest absolute Gasteiger partial charge is 0.301 e. The number of hydrogen-bond donors (Lipinski definition) is 0. The Hall–Kier alpha value is -0.910. The Balaban J connectivity index is 1.70. The molecule has 1 aliphatic rings. The highest BCUT2D eigenvalue weighted by atomic mass is 32.2. The monoisotopic (exact) mass is 296 g/mol. The van der Waals surface area contributed by atoms with E-state index in [4.69, 9.17) is 0 Å². The Kier molecular flexibility index (Phi) is 5.57. The van der Waals surface area contributed by atoms with Gasteiger partial charge < -0.3 is 4.90 Å². The van der Waals surface area contributed by atoms with E-state index in [0.717, 1.165) is 32.5 Å². The molecular formula is C15H24N2O2S. The summed E-state index contributed by atoms with van der Waals surface area (Å²) in [5.41, 5.74) is 1.37. The number of sulfonamides is 1. The molecule has 1 aromatic carbocycles. The van der Waals surface area contributed by atoms with Gasteiger partial charge in [-0.05, 0) is 31.9 Å². The van der Waals surface area contributed by atoms with Crippen molar-refractivity contribution in [3.8, 4) is 0 Å². The summed E-state index contributed by atoms with van der Waals surface area (Å²) in [4.78, 5) is 2.37. The maximum absolute atomic E-state index is 11.8. The van der Waals surface area contributed by atoms with Gasteiger partial charge in [-0.1, -0.05) is 30.3 Å². The van der Waals surface area contributed by atoms with E-state index in [1.807, 2.05) is 6.07 Å². The van der Waals surface area contributed by atoms with Crippen LogP contribution in [0.1, 0.15) is 18.9 Å². The van der Waals surface area contributed by atoms with Gasteiger partial charge in [-0.2, -0.15) is 4.31 Å². The van der Waals surface area contributed by atoms with Gasteiger partial charge in [-0.25, -0.2) is 8.42 Å². The van der Waals surface area contributed by atoms with Gasteiger partial charge >= 0.3 is 0 Å². The van der Waals surface area contributed by atoms with Crippen molar-refractivity contribution in [2.75, 3.05) is 38.5 Å². The number of aryl methyl sites for hydroxylation is 1. The smallest absolute Gasteiger partial charge is 0.213 e. The fourth-order valence-electron chi connectivity index (χ4n) is 2.57. The fraction of sp³-hybridized carbons (Fsp3) is 0.600. The Morgan fingerprint density at radius 1 is 1.05 bits per heavy atom. The van der Waals surface area contributed by atoms with Crippen LogP contribution >= 0.6 is 0 Å². The lowest BCUT2D eigenvalue weighted by Crippen LogP contribution is -2.49. The molecule has 2 rings (SSSR count). The minimum Gasteiger partial charge on any atom is -0.301 e. The summed E-state index contributed by atoms with van der Waals surface area (Å²) >= 11 is 0. The third-order valence-corrected chi connectivity index (χ3v) is 5.75. The van der Waals surface area contributed by atoms with Crippen molar-refractivity contribution in [1.29, 1.82) is 0 Å². The molecule has 20 heavy (non-hydrogen) atoms. The number of hydrogen-bond acceptors (Lipinski definition) is 3. The second-order valence-corrected chi connectivity index (χ2v) is 7.49. The normalized spacial score (nSPS) is 18.2. The first-order valence-electron chi connectivity index (χ1n) is 7.36. The van der Waals surface area contributed by atoms with E-state index in [2.05, 4.69) is 29.2 Å². The van der Waals surface area contributed by atoms with Gasteiger partial charge in [0.1, 0.15) is 0 Å². The second-order valence-electron chi connectivity index (χ2n) is 5.23. The van der Waals surface area contributed by atoms with E-state index in [1.165, 1.54) is 5.56 Å². The molecule has 0 amide bonds. The molecule has 4 nitrogen and oxygen atoms in total. The highest BCUT2D eigenvalue weighted by Gasteiger charge is 2.24. The van der Waals surface area contributed by atoms with E-state index in [9.17, 15) is 8.42 Å². The first-order chi connectivity index (χ1) is 9.62.